The molecule has 0 amide bonds. The molecule has 8 nitrogen and oxygen atoms in total. The molecule has 0 aromatic rings. The molecule has 9 rings (SSSR count). The van der Waals surface area contributed by atoms with Gasteiger partial charge in [0, 0.05) is 6.42 Å². The summed E-state index contributed by atoms with van der Waals surface area (Å²) in [6.07, 6.45) is 12.8. The molecule has 4 atom stereocenters. The van der Waals surface area contributed by atoms with E-state index in [4.69, 9.17) is 18.9 Å². The SMILES string of the molecule is CCC(C)(CC(CC(C)C(=O)OC12CC3CC(CC(C3)C1)C2)C(=O)OC1CCOC1=O)C(=O)OC1(C)C2CC3CC(C2)CC1C3. The molecule has 9 aliphatic rings. The van der Waals surface area contributed by atoms with Crippen molar-refractivity contribution in [1.82, 2.24) is 0 Å². The molecule has 8 bridgehead atoms. The Morgan fingerprint density at radius 1 is 0.867 bits per heavy atom. The molecule has 0 spiro atoms. The van der Waals surface area contributed by atoms with Gasteiger partial charge in [-0.2, -0.15) is 0 Å². The van der Waals surface area contributed by atoms with Crippen LogP contribution in [0.5, 0.6) is 0 Å². The monoisotopic (exact) mass is 626 g/mol. The van der Waals surface area contributed by atoms with E-state index in [0.29, 0.717) is 42.4 Å². The maximum atomic E-state index is 14.1. The van der Waals surface area contributed by atoms with E-state index < -0.39 is 40.9 Å². The van der Waals surface area contributed by atoms with Crippen LogP contribution in [0.2, 0.25) is 0 Å². The van der Waals surface area contributed by atoms with Crippen LogP contribution in [0, 0.1) is 58.7 Å². The Morgan fingerprint density at radius 2 is 1.42 bits per heavy atom. The minimum Gasteiger partial charge on any atom is -0.463 e. The Hall–Kier alpha value is -2.12. The maximum absolute atomic E-state index is 14.1. The van der Waals surface area contributed by atoms with Crippen LogP contribution in [0.25, 0.3) is 0 Å². The third-order valence-electron chi connectivity index (χ3n) is 13.9. The Labute approximate surface area is 268 Å². The van der Waals surface area contributed by atoms with Crippen molar-refractivity contribution in [2.45, 2.75) is 141 Å². The van der Waals surface area contributed by atoms with E-state index in [1.807, 2.05) is 20.8 Å². The fraction of sp³-hybridized carbons (Fsp3) is 0.892. The topological polar surface area (TPSA) is 105 Å². The first-order chi connectivity index (χ1) is 21.4. The van der Waals surface area contributed by atoms with E-state index >= 15 is 0 Å². The van der Waals surface area contributed by atoms with Gasteiger partial charge in [-0.3, -0.25) is 14.4 Å². The van der Waals surface area contributed by atoms with Gasteiger partial charge in [0.15, 0.2) is 0 Å². The van der Waals surface area contributed by atoms with Gasteiger partial charge in [0.25, 0.3) is 0 Å². The highest BCUT2D eigenvalue weighted by atomic mass is 16.6. The van der Waals surface area contributed by atoms with Crippen LogP contribution in [0.15, 0.2) is 0 Å². The summed E-state index contributed by atoms with van der Waals surface area (Å²) < 4.78 is 23.7. The largest absolute Gasteiger partial charge is 0.463 e. The smallest absolute Gasteiger partial charge is 0.347 e. The van der Waals surface area contributed by atoms with Gasteiger partial charge >= 0.3 is 23.9 Å². The second-order valence-electron chi connectivity index (χ2n) is 17.2. The van der Waals surface area contributed by atoms with E-state index in [1.54, 1.807) is 0 Å². The van der Waals surface area contributed by atoms with Crippen LogP contribution in [0.1, 0.15) is 124 Å². The predicted octanol–water partition coefficient (Wildman–Crippen LogP) is 6.56. The van der Waals surface area contributed by atoms with Gasteiger partial charge in [0.1, 0.15) is 11.2 Å². The number of ether oxygens (including phenoxy) is 4. The van der Waals surface area contributed by atoms with Crippen LogP contribution in [0.3, 0.4) is 0 Å². The second kappa shape index (κ2) is 11.5. The first-order valence-electron chi connectivity index (χ1n) is 18.2. The fourth-order valence-electron chi connectivity index (χ4n) is 11.6. The van der Waals surface area contributed by atoms with Crippen molar-refractivity contribution in [3.8, 4) is 0 Å². The number of cyclic esters (lactones) is 1. The number of carbonyl (C=O) groups is 4. The van der Waals surface area contributed by atoms with Crippen molar-refractivity contribution in [2.24, 2.45) is 58.7 Å². The van der Waals surface area contributed by atoms with Gasteiger partial charge in [0.2, 0.25) is 6.10 Å². The predicted molar refractivity (Wildman–Crippen MR) is 164 cm³/mol. The summed E-state index contributed by atoms with van der Waals surface area (Å²) in [5, 5.41) is 0. The molecule has 0 radical (unpaired) electrons. The van der Waals surface area contributed by atoms with Crippen LogP contribution in [-0.4, -0.2) is 47.8 Å². The van der Waals surface area contributed by atoms with Gasteiger partial charge in [-0.05, 0) is 145 Å². The molecular formula is C37H54O8. The summed E-state index contributed by atoms with van der Waals surface area (Å²) in [7, 11) is 0. The quantitative estimate of drug-likeness (QED) is 0.188. The molecule has 1 saturated heterocycles. The van der Waals surface area contributed by atoms with E-state index in [1.165, 1.54) is 25.7 Å². The second-order valence-corrected chi connectivity index (χ2v) is 17.2. The average Bonchev–Trinajstić information content (AvgIpc) is 3.37. The molecule has 45 heavy (non-hydrogen) atoms. The lowest BCUT2D eigenvalue weighted by Gasteiger charge is -2.59. The Morgan fingerprint density at radius 3 is 1.93 bits per heavy atom. The van der Waals surface area contributed by atoms with Crippen molar-refractivity contribution in [3.05, 3.63) is 0 Å². The fourth-order valence-corrected chi connectivity index (χ4v) is 11.6. The van der Waals surface area contributed by atoms with Gasteiger partial charge in [-0.25, -0.2) is 4.79 Å². The highest BCUT2D eigenvalue weighted by molar-refractivity contribution is 5.83. The third kappa shape index (κ3) is 5.83. The van der Waals surface area contributed by atoms with Gasteiger partial charge in [-0.1, -0.05) is 13.8 Å². The van der Waals surface area contributed by atoms with Crippen LogP contribution >= 0.6 is 0 Å². The van der Waals surface area contributed by atoms with E-state index in [9.17, 15) is 19.2 Å². The summed E-state index contributed by atoms with van der Waals surface area (Å²) in [6.45, 7) is 8.04. The maximum Gasteiger partial charge on any atom is 0.347 e. The van der Waals surface area contributed by atoms with E-state index in [-0.39, 0.29) is 37.0 Å². The van der Waals surface area contributed by atoms with Crippen LogP contribution in [-0.2, 0) is 38.1 Å². The minimum atomic E-state index is -0.943. The molecule has 0 aromatic carbocycles. The van der Waals surface area contributed by atoms with Crippen LogP contribution in [0.4, 0.5) is 0 Å². The number of esters is 4. The summed E-state index contributed by atoms with van der Waals surface area (Å²) in [5.41, 5.74) is -1.78. The number of hydrogen-bond donors (Lipinski definition) is 0. The van der Waals surface area contributed by atoms with Crippen molar-refractivity contribution in [2.75, 3.05) is 6.61 Å². The van der Waals surface area contributed by atoms with Crippen molar-refractivity contribution in [3.63, 3.8) is 0 Å². The summed E-state index contributed by atoms with van der Waals surface area (Å²) in [5.74, 6) is 1.34. The molecule has 9 fully saturated rings. The first-order valence-corrected chi connectivity index (χ1v) is 18.2. The molecule has 1 aliphatic heterocycles. The van der Waals surface area contributed by atoms with Gasteiger partial charge < -0.3 is 18.9 Å². The molecule has 4 unspecified atom stereocenters. The van der Waals surface area contributed by atoms with Crippen molar-refractivity contribution < 1.29 is 38.1 Å². The third-order valence-corrected chi connectivity index (χ3v) is 13.9. The number of carbonyl (C=O) groups excluding carboxylic acids is 4. The normalized spacial score (nSPS) is 43.3. The summed E-state index contributed by atoms with van der Waals surface area (Å²) in [6, 6.07) is 0. The Kier molecular flexibility index (Phi) is 8.07. The molecule has 8 aliphatic carbocycles. The van der Waals surface area contributed by atoms with Crippen molar-refractivity contribution >= 4 is 23.9 Å². The zero-order valence-corrected chi connectivity index (χ0v) is 27.9. The van der Waals surface area contributed by atoms with Crippen molar-refractivity contribution in [1.29, 1.82) is 0 Å². The Balaban J connectivity index is 1.06. The van der Waals surface area contributed by atoms with E-state index in [2.05, 4.69) is 6.92 Å². The lowest BCUT2D eigenvalue weighted by Crippen LogP contribution is -2.59. The lowest BCUT2D eigenvalue weighted by molar-refractivity contribution is -0.213. The zero-order valence-electron chi connectivity index (χ0n) is 27.9. The average molecular weight is 627 g/mol. The molecule has 250 valence electrons. The minimum absolute atomic E-state index is 0.189. The number of rotatable bonds is 11. The summed E-state index contributed by atoms with van der Waals surface area (Å²) in [4.78, 5) is 53.7. The highest BCUT2D eigenvalue weighted by Gasteiger charge is 2.58. The van der Waals surface area contributed by atoms with Gasteiger partial charge in [0.05, 0.1) is 23.9 Å². The molecule has 8 heteroatoms. The van der Waals surface area contributed by atoms with Gasteiger partial charge in [-0.15, -0.1) is 0 Å². The highest BCUT2D eigenvalue weighted by Crippen LogP contribution is 2.60. The lowest BCUT2D eigenvalue weighted by atomic mass is 9.50. The zero-order chi connectivity index (χ0) is 31.7. The Bertz CT molecular complexity index is 1140. The molecular weight excluding hydrogens is 572 g/mol. The number of hydrogen-bond acceptors (Lipinski definition) is 8. The standard InChI is InChI=1S/C37H54O8/c1-5-35(3,34(41)45-36(4)28-13-22-9-23(15-28)16-29(36)14-22)20-27(32(39)43-30-6-7-42-33(30)40)8-21(2)31(38)44-37-17-24-10-25(18-37)12-26(11-24)19-37/h21-30H,5-20H2,1-4H3. The van der Waals surface area contributed by atoms with Crippen LogP contribution < -0.4 is 0 Å². The molecule has 0 N–H and O–H groups in total. The first kappa shape index (κ1) is 31.5. The molecule has 1 heterocycles. The van der Waals surface area contributed by atoms with E-state index in [0.717, 1.165) is 56.8 Å². The molecule has 8 saturated carbocycles. The summed E-state index contributed by atoms with van der Waals surface area (Å²) >= 11 is 0. The molecule has 0 aromatic heterocycles.